The van der Waals surface area contributed by atoms with E-state index in [2.05, 4.69) is 228 Å². The minimum Gasteiger partial charge on any atom is -0.456 e. The predicted octanol–water partition coefficient (Wildman–Crippen LogP) is 14.5. The van der Waals surface area contributed by atoms with Gasteiger partial charge in [-0.1, -0.05) is 146 Å². The third-order valence-electron chi connectivity index (χ3n) is 12.3. The number of nitrogens with zero attached hydrogens (tertiary/aromatic N) is 2. The monoisotopic (exact) mass is 740 g/mol. The van der Waals surface area contributed by atoms with Crippen molar-refractivity contribution >= 4 is 60.8 Å². The lowest BCUT2D eigenvalue weighted by Crippen LogP contribution is -2.28. The van der Waals surface area contributed by atoms with Gasteiger partial charge >= 0.3 is 0 Å². The summed E-state index contributed by atoms with van der Waals surface area (Å²) in [6.07, 6.45) is 0. The molecule has 58 heavy (non-hydrogen) atoms. The Morgan fingerprint density at radius 2 is 0.914 bits per heavy atom. The first kappa shape index (κ1) is 32.6. The van der Waals surface area contributed by atoms with Crippen LogP contribution in [0.2, 0.25) is 0 Å². The van der Waals surface area contributed by atoms with Crippen molar-refractivity contribution in [1.29, 1.82) is 0 Å². The Morgan fingerprint density at radius 3 is 1.66 bits per heavy atom. The fourth-order valence-electron chi connectivity index (χ4n) is 9.83. The van der Waals surface area contributed by atoms with Gasteiger partial charge in [-0.05, 0) is 100 Å². The van der Waals surface area contributed by atoms with E-state index in [1.54, 1.807) is 0 Å². The summed E-state index contributed by atoms with van der Waals surface area (Å²) in [6.45, 7) is 0. The molecule has 3 nitrogen and oxygen atoms in total. The smallest absolute Gasteiger partial charge is 0.137 e. The van der Waals surface area contributed by atoms with Gasteiger partial charge in [0.05, 0.1) is 16.4 Å². The Bertz CT molecular complexity index is 3300. The molecule has 0 radical (unpaired) electrons. The second-order valence-electron chi connectivity index (χ2n) is 15.3. The molecule has 272 valence electrons. The molecule has 12 rings (SSSR count). The summed E-state index contributed by atoms with van der Waals surface area (Å²) < 4.78 is 9.28. The molecule has 0 saturated heterocycles. The second kappa shape index (κ2) is 12.7. The zero-order chi connectivity index (χ0) is 38.2. The van der Waals surface area contributed by atoms with E-state index in [0.29, 0.717) is 0 Å². The Balaban J connectivity index is 1.03. The number of anilines is 3. The minimum atomic E-state index is -0.487. The number of hydrogen-bond acceptors (Lipinski definition) is 2. The molecule has 0 bridgehead atoms. The molecule has 2 aromatic heterocycles. The summed E-state index contributed by atoms with van der Waals surface area (Å²) in [6, 6.07) is 79.0. The van der Waals surface area contributed by atoms with Gasteiger partial charge in [0.15, 0.2) is 0 Å². The van der Waals surface area contributed by atoms with Crippen LogP contribution in [0.15, 0.2) is 223 Å². The van der Waals surface area contributed by atoms with Gasteiger partial charge in [0.1, 0.15) is 11.2 Å². The van der Waals surface area contributed by atoms with E-state index in [1.807, 2.05) is 0 Å². The minimum absolute atomic E-state index is 0.487. The molecule has 0 amide bonds. The number of rotatable bonds is 6. The Hall–Kier alpha value is -7.62. The normalized spacial score (nSPS) is 13.0. The Labute approximate surface area is 336 Å². The third kappa shape index (κ3) is 4.68. The van der Waals surface area contributed by atoms with Crippen LogP contribution in [0, 0.1) is 0 Å². The Kier molecular flexibility index (Phi) is 7.14. The van der Waals surface area contributed by atoms with E-state index in [4.69, 9.17) is 4.42 Å². The molecular weight excluding hydrogens is 705 g/mol. The fraction of sp³-hybridized carbons (Fsp3) is 0.0182. The van der Waals surface area contributed by atoms with Crippen molar-refractivity contribution in [2.24, 2.45) is 0 Å². The van der Waals surface area contributed by atoms with Crippen molar-refractivity contribution in [1.82, 2.24) is 4.57 Å². The van der Waals surface area contributed by atoms with Crippen molar-refractivity contribution < 1.29 is 4.42 Å². The highest BCUT2D eigenvalue weighted by atomic mass is 16.3. The molecule has 0 aliphatic heterocycles. The highest BCUT2D eigenvalue weighted by molar-refractivity contribution is 6.11. The molecule has 3 heteroatoms. The maximum Gasteiger partial charge on any atom is 0.137 e. The van der Waals surface area contributed by atoms with Gasteiger partial charge in [-0.3, -0.25) is 0 Å². The highest BCUT2D eigenvalue weighted by Gasteiger charge is 2.46. The van der Waals surface area contributed by atoms with E-state index >= 15 is 0 Å². The van der Waals surface area contributed by atoms with Crippen molar-refractivity contribution in [3.05, 3.63) is 241 Å². The van der Waals surface area contributed by atoms with Crippen molar-refractivity contribution in [2.45, 2.75) is 5.41 Å². The number of fused-ring (bicyclic) bond motifs is 9. The van der Waals surface area contributed by atoms with Gasteiger partial charge in [0.2, 0.25) is 0 Å². The average molecular weight is 741 g/mol. The van der Waals surface area contributed by atoms with Gasteiger partial charge < -0.3 is 13.9 Å². The molecule has 0 saturated carbocycles. The van der Waals surface area contributed by atoms with Crippen LogP contribution in [0.4, 0.5) is 17.1 Å². The van der Waals surface area contributed by atoms with E-state index in [1.165, 1.54) is 55.2 Å². The molecule has 0 spiro atoms. The van der Waals surface area contributed by atoms with Crippen LogP contribution in [-0.4, -0.2) is 4.57 Å². The molecule has 2 heterocycles. The maximum atomic E-state index is 6.92. The summed E-state index contributed by atoms with van der Waals surface area (Å²) >= 11 is 0. The quantitative estimate of drug-likeness (QED) is 0.169. The third-order valence-corrected chi connectivity index (χ3v) is 12.3. The van der Waals surface area contributed by atoms with Gasteiger partial charge in [-0.2, -0.15) is 0 Å². The molecule has 11 aromatic rings. The van der Waals surface area contributed by atoms with Crippen LogP contribution < -0.4 is 4.90 Å². The van der Waals surface area contributed by atoms with Crippen LogP contribution in [0.1, 0.15) is 22.3 Å². The lowest BCUT2D eigenvalue weighted by molar-refractivity contribution is 0.665. The fourth-order valence-corrected chi connectivity index (χ4v) is 9.83. The van der Waals surface area contributed by atoms with Crippen LogP contribution >= 0.6 is 0 Å². The lowest BCUT2D eigenvalue weighted by atomic mass is 9.67. The molecule has 9 aromatic carbocycles. The lowest BCUT2D eigenvalue weighted by Gasteiger charge is -2.33. The number of aromatic nitrogens is 1. The molecular formula is C55H36N2O. The molecule has 0 fully saturated rings. The first-order valence-electron chi connectivity index (χ1n) is 19.9. The predicted molar refractivity (Wildman–Crippen MR) is 240 cm³/mol. The number of para-hydroxylation sites is 3. The standard InChI is InChI=1S/C55H36N2O/c1-4-16-37(17-5-1)55(49-25-13-10-22-43(49)44-23-11-14-26-50(44)55)38-28-31-46-47-32-29-42(36-54(47)58-53(46)34-38)56(39-18-6-2-7-19-39)41-30-33-52-48(35-41)45-24-12-15-27-51(45)57(52)40-20-8-3-9-21-40/h1-36H. The van der Waals surface area contributed by atoms with Crippen molar-refractivity contribution in [2.75, 3.05) is 4.90 Å². The largest absolute Gasteiger partial charge is 0.456 e. The topological polar surface area (TPSA) is 21.3 Å². The van der Waals surface area contributed by atoms with Crippen molar-refractivity contribution in [3.63, 3.8) is 0 Å². The number of benzene rings is 9. The number of hydrogen-bond donors (Lipinski definition) is 0. The van der Waals surface area contributed by atoms with Crippen LogP contribution in [0.3, 0.4) is 0 Å². The average Bonchev–Trinajstić information content (AvgIpc) is 3.93. The summed E-state index contributed by atoms with van der Waals surface area (Å²) in [5.74, 6) is 0. The highest BCUT2D eigenvalue weighted by Crippen LogP contribution is 2.56. The Morgan fingerprint density at radius 1 is 0.362 bits per heavy atom. The van der Waals surface area contributed by atoms with Gasteiger partial charge in [0.25, 0.3) is 0 Å². The van der Waals surface area contributed by atoms with Crippen LogP contribution in [0.5, 0.6) is 0 Å². The van der Waals surface area contributed by atoms with Crippen molar-refractivity contribution in [3.8, 4) is 16.8 Å². The van der Waals surface area contributed by atoms with E-state index in [-0.39, 0.29) is 0 Å². The molecule has 1 aliphatic rings. The van der Waals surface area contributed by atoms with Gasteiger partial charge in [-0.15, -0.1) is 0 Å². The van der Waals surface area contributed by atoms with E-state index in [0.717, 1.165) is 44.7 Å². The van der Waals surface area contributed by atoms with Gasteiger partial charge in [-0.25, -0.2) is 0 Å². The second-order valence-corrected chi connectivity index (χ2v) is 15.3. The van der Waals surface area contributed by atoms with E-state index in [9.17, 15) is 0 Å². The summed E-state index contributed by atoms with van der Waals surface area (Å²) in [5.41, 5.74) is 15.5. The van der Waals surface area contributed by atoms with Crippen LogP contribution in [-0.2, 0) is 5.41 Å². The number of furan rings is 1. The first-order chi connectivity index (χ1) is 28.8. The van der Waals surface area contributed by atoms with Crippen LogP contribution in [0.25, 0.3) is 60.6 Å². The molecule has 0 atom stereocenters. The zero-order valence-corrected chi connectivity index (χ0v) is 31.6. The molecule has 1 aliphatic carbocycles. The van der Waals surface area contributed by atoms with E-state index < -0.39 is 5.41 Å². The summed E-state index contributed by atoms with van der Waals surface area (Å²) in [5, 5.41) is 4.63. The molecule has 0 unspecified atom stereocenters. The first-order valence-corrected chi connectivity index (χ1v) is 19.9. The summed E-state index contributed by atoms with van der Waals surface area (Å²) in [7, 11) is 0. The molecule has 0 N–H and O–H groups in total. The maximum absolute atomic E-state index is 6.92. The SMILES string of the molecule is c1ccc(N(c2ccc3c(c2)oc2cc(C4(c5ccccc5)c5ccccc5-c5ccccc54)ccc23)c2ccc3c(c2)c2ccccc2n3-c2ccccc2)cc1. The summed E-state index contributed by atoms with van der Waals surface area (Å²) in [4.78, 5) is 2.34. The van der Waals surface area contributed by atoms with Gasteiger partial charge in [0, 0.05) is 50.4 Å². The zero-order valence-electron chi connectivity index (χ0n) is 31.6.